The predicted octanol–water partition coefficient (Wildman–Crippen LogP) is -0.736. The summed E-state index contributed by atoms with van der Waals surface area (Å²) in [4.78, 5) is 44.7. The standard InChI is InChI=1S/C16H22N6O6/c1-27-8-9-28-15-20-13(17)12-14(21-15)22(16(26)19-12)7-3-2-6-18-10(23)4-5-11(24)25/h4-5H,2-3,6-9H2,1H3,(H,18,23)(H,19,26)(H,24,25)(H2,17,20,21)/b5-4+. The first-order valence-corrected chi connectivity index (χ1v) is 8.49. The van der Waals surface area contributed by atoms with Crippen molar-refractivity contribution in [1.29, 1.82) is 0 Å². The quantitative estimate of drug-likeness (QED) is 0.283. The van der Waals surface area contributed by atoms with E-state index in [1.807, 2.05) is 0 Å². The number of nitrogens with one attached hydrogen (secondary N) is 2. The fourth-order valence-electron chi connectivity index (χ4n) is 2.33. The van der Waals surface area contributed by atoms with Gasteiger partial charge < -0.3 is 30.6 Å². The molecule has 0 atom stereocenters. The molecule has 28 heavy (non-hydrogen) atoms. The zero-order valence-corrected chi connectivity index (χ0v) is 15.3. The maximum absolute atomic E-state index is 12.2. The third-order valence-corrected chi connectivity index (χ3v) is 3.63. The van der Waals surface area contributed by atoms with Crippen LogP contribution in [0.2, 0.25) is 0 Å². The molecule has 0 saturated carbocycles. The molecule has 0 aliphatic heterocycles. The van der Waals surface area contributed by atoms with Crippen molar-refractivity contribution in [2.75, 3.05) is 32.6 Å². The molecule has 0 unspecified atom stereocenters. The molecule has 0 spiro atoms. The lowest BCUT2D eigenvalue weighted by Gasteiger charge is -2.07. The van der Waals surface area contributed by atoms with Crippen molar-refractivity contribution in [3.8, 4) is 6.01 Å². The summed E-state index contributed by atoms with van der Waals surface area (Å²) in [6, 6.07) is 0.0484. The van der Waals surface area contributed by atoms with Gasteiger partial charge in [0.2, 0.25) is 5.91 Å². The second-order valence-corrected chi connectivity index (χ2v) is 5.68. The Bertz CT molecular complexity index is 918. The maximum Gasteiger partial charge on any atom is 0.328 e. The first-order chi connectivity index (χ1) is 13.4. The van der Waals surface area contributed by atoms with Crippen LogP contribution in [0.15, 0.2) is 16.9 Å². The number of fused-ring (bicyclic) bond motifs is 1. The third kappa shape index (κ3) is 5.81. The number of unbranched alkanes of at least 4 members (excludes halogenated alkanes) is 1. The van der Waals surface area contributed by atoms with Crippen molar-refractivity contribution < 1.29 is 24.2 Å². The molecule has 0 saturated heterocycles. The number of H-pyrrole nitrogens is 1. The van der Waals surface area contributed by atoms with Crippen LogP contribution in [0.3, 0.4) is 0 Å². The summed E-state index contributed by atoms with van der Waals surface area (Å²) in [5.41, 5.74) is 6.15. The summed E-state index contributed by atoms with van der Waals surface area (Å²) in [6.45, 7) is 1.27. The van der Waals surface area contributed by atoms with E-state index in [2.05, 4.69) is 20.3 Å². The molecule has 2 aromatic heterocycles. The number of aromatic amines is 1. The van der Waals surface area contributed by atoms with Crippen LogP contribution in [-0.2, 0) is 20.9 Å². The minimum atomic E-state index is -1.19. The number of nitrogens with zero attached hydrogens (tertiary/aromatic N) is 3. The Morgan fingerprint density at radius 3 is 2.79 bits per heavy atom. The van der Waals surface area contributed by atoms with Crippen LogP contribution in [0.5, 0.6) is 6.01 Å². The summed E-state index contributed by atoms with van der Waals surface area (Å²) in [6.07, 6.45) is 2.84. The van der Waals surface area contributed by atoms with Crippen molar-refractivity contribution in [3.63, 3.8) is 0 Å². The summed E-state index contributed by atoms with van der Waals surface area (Å²) >= 11 is 0. The average Bonchev–Trinajstić information content (AvgIpc) is 2.96. The van der Waals surface area contributed by atoms with Gasteiger partial charge in [0.05, 0.1) is 6.61 Å². The first-order valence-electron chi connectivity index (χ1n) is 8.49. The number of amides is 1. The van der Waals surface area contributed by atoms with Gasteiger partial charge in [-0.1, -0.05) is 0 Å². The summed E-state index contributed by atoms with van der Waals surface area (Å²) < 4.78 is 11.7. The highest BCUT2D eigenvalue weighted by Gasteiger charge is 2.14. The van der Waals surface area contributed by atoms with Crippen molar-refractivity contribution in [1.82, 2.24) is 24.8 Å². The minimum absolute atomic E-state index is 0.0484. The molecule has 0 aliphatic carbocycles. The molecule has 12 nitrogen and oxygen atoms in total. The van der Waals surface area contributed by atoms with E-state index in [9.17, 15) is 14.4 Å². The number of carbonyl (C=O) groups is 2. The van der Waals surface area contributed by atoms with Crippen LogP contribution in [-0.4, -0.2) is 63.4 Å². The van der Waals surface area contributed by atoms with Crippen LogP contribution in [0, 0.1) is 0 Å². The van der Waals surface area contributed by atoms with E-state index in [1.165, 1.54) is 11.7 Å². The molecule has 0 radical (unpaired) electrons. The lowest BCUT2D eigenvalue weighted by Crippen LogP contribution is -2.23. The molecule has 152 valence electrons. The van der Waals surface area contributed by atoms with Gasteiger partial charge >= 0.3 is 17.7 Å². The number of methoxy groups -OCH3 is 1. The summed E-state index contributed by atoms with van der Waals surface area (Å²) in [5.74, 6) is -1.59. The van der Waals surface area contributed by atoms with Gasteiger partial charge in [-0.2, -0.15) is 9.97 Å². The number of nitrogens with two attached hydrogens (primary N) is 1. The normalized spacial score (nSPS) is 11.2. The topological polar surface area (TPSA) is 174 Å². The fourth-order valence-corrected chi connectivity index (χ4v) is 2.33. The highest BCUT2D eigenvalue weighted by Crippen LogP contribution is 2.17. The molecule has 12 heteroatoms. The molecule has 0 fully saturated rings. The maximum atomic E-state index is 12.2. The van der Waals surface area contributed by atoms with Gasteiger partial charge in [-0.3, -0.25) is 9.36 Å². The average molecular weight is 394 g/mol. The number of imidazole rings is 1. The Morgan fingerprint density at radius 1 is 1.29 bits per heavy atom. The Hall–Kier alpha value is -3.41. The summed E-state index contributed by atoms with van der Waals surface area (Å²) in [5, 5.41) is 11.0. The number of hydrogen-bond donors (Lipinski definition) is 4. The molecule has 2 aromatic rings. The predicted molar refractivity (Wildman–Crippen MR) is 99.0 cm³/mol. The van der Waals surface area contributed by atoms with Gasteiger partial charge in [-0.25, -0.2) is 9.59 Å². The molecule has 0 aliphatic rings. The third-order valence-electron chi connectivity index (χ3n) is 3.63. The number of ether oxygens (including phenoxy) is 2. The van der Waals surface area contributed by atoms with Gasteiger partial charge in [0.15, 0.2) is 11.5 Å². The zero-order chi connectivity index (χ0) is 20.5. The van der Waals surface area contributed by atoms with Crippen LogP contribution >= 0.6 is 0 Å². The van der Waals surface area contributed by atoms with E-state index in [0.29, 0.717) is 43.7 Å². The van der Waals surface area contributed by atoms with Crippen LogP contribution in [0.4, 0.5) is 5.82 Å². The van der Waals surface area contributed by atoms with E-state index in [1.54, 1.807) is 0 Å². The van der Waals surface area contributed by atoms with E-state index < -0.39 is 11.9 Å². The highest BCUT2D eigenvalue weighted by molar-refractivity contribution is 5.93. The first kappa shape index (κ1) is 20.9. The van der Waals surface area contributed by atoms with Crippen molar-refractivity contribution >= 4 is 28.9 Å². The highest BCUT2D eigenvalue weighted by atomic mass is 16.5. The number of carboxylic acid groups (broad SMARTS) is 1. The van der Waals surface area contributed by atoms with Gasteiger partial charge in [0.25, 0.3) is 0 Å². The molecular formula is C16H22N6O6. The van der Waals surface area contributed by atoms with Crippen LogP contribution < -0.4 is 21.5 Å². The number of aromatic nitrogens is 4. The number of aryl methyl sites for hydroxylation is 1. The molecule has 0 bridgehead atoms. The number of anilines is 1. The Kier molecular flexibility index (Phi) is 7.51. The van der Waals surface area contributed by atoms with Crippen LogP contribution in [0.25, 0.3) is 11.2 Å². The van der Waals surface area contributed by atoms with Gasteiger partial charge in [-0.05, 0) is 12.8 Å². The van der Waals surface area contributed by atoms with Crippen molar-refractivity contribution in [3.05, 3.63) is 22.6 Å². The fraction of sp³-hybridized carbons (Fsp3) is 0.438. The van der Waals surface area contributed by atoms with E-state index in [0.717, 1.165) is 12.2 Å². The van der Waals surface area contributed by atoms with E-state index in [4.69, 9.17) is 20.3 Å². The molecule has 0 aromatic carbocycles. The Labute approximate surface area is 159 Å². The van der Waals surface area contributed by atoms with Crippen molar-refractivity contribution in [2.24, 2.45) is 0 Å². The van der Waals surface area contributed by atoms with E-state index >= 15 is 0 Å². The molecule has 1 amide bonds. The monoisotopic (exact) mass is 394 g/mol. The number of carbonyl (C=O) groups excluding carboxylic acids is 1. The number of aliphatic carboxylic acids is 1. The van der Waals surface area contributed by atoms with Crippen molar-refractivity contribution in [2.45, 2.75) is 19.4 Å². The molecule has 2 heterocycles. The van der Waals surface area contributed by atoms with Gasteiger partial charge in [-0.15, -0.1) is 0 Å². The molecular weight excluding hydrogens is 372 g/mol. The second kappa shape index (κ2) is 10.1. The Morgan fingerprint density at radius 2 is 2.07 bits per heavy atom. The lowest BCUT2D eigenvalue weighted by molar-refractivity contribution is -0.131. The van der Waals surface area contributed by atoms with Crippen LogP contribution in [0.1, 0.15) is 12.8 Å². The number of nitrogen functional groups attached to an aromatic ring is 1. The minimum Gasteiger partial charge on any atom is -0.478 e. The number of hydrogen-bond acceptors (Lipinski definition) is 8. The van der Waals surface area contributed by atoms with E-state index in [-0.39, 0.29) is 24.1 Å². The smallest absolute Gasteiger partial charge is 0.328 e. The lowest BCUT2D eigenvalue weighted by atomic mass is 10.3. The Balaban J connectivity index is 1.96. The molecule has 2 rings (SSSR count). The number of rotatable bonds is 11. The second-order valence-electron chi connectivity index (χ2n) is 5.68. The SMILES string of the molecule is COCCOc1nc(N)c2[nH]c(=O)n(CCCCNC(=O)/C=C/C(=O)O)c2n1. The summed E-state index contributed by atoms with van der Waals surface area (Å²) in [7, 11) is 1.54. The molecule has 5 N–H and O–H groups in total. The largest absolute Gasteiger partial charge is 0.478 e. The zero-order valence-electron chi connectivity index (χ0n) is 15.3. The number of carboxylic acids is 1. The van der Waals surface area contributed by atoms with Gasteiger partial charge in [0.1, 0.15) is 12.1 Å². The van der Waals surface area contributed by atoms with Gasteiger partial charge in [0, 0.05) is 32.4 Å².